The third-order valence-corrected chi connectivity index (χ3v) is 5.11. The SMILES string of the molecule is CN1CCCC(Nc2nnc(-c3ccc(OC(F)(F)F)cc3O)c3ccccc23)C1. The maximum absolute atomic E-state index is 12.4. The average Bonchev–Trinajstić information content (AvgIpc) is 2.68. The Balaban J connectivity index is 1.69. The lowest BCUT2D eigenvalue weighted by atomic mass is 10.0. The molecule has 6 nitrogen and oxygen atoms in total. The molecule has 1 aliphatic rings. The quantitative estimate of drug-likeness (QED) is 0.654. The predicted octanol–water partition coefficient (Wildman–Crippen LogP) is 4.41. The molecule has 158 valence electrons. The molecular formula is C21H21F3N4O2. The number of phenols is 1. The van der Waals surface area contributed by atoms with Crippen LogP contribution >= 0.6 is 0 Å². The van der Waals surface area contributed by atoms with Crippen LogP contribution in [0.5, 0.6) is 11.5 Å². The van der Waals surface area contributed by atoms with Crippen molar-refractivity contribution in [3.63, 3.8) is 0 Å². The van der Waals surface area contributed by atoms with Gasteiger partial charge in [-0.2, -0.15) is 0 Å². The van der Waals surface area contributed by atoms with E-state index in [2.05, 4.69) is 32.2 Å². The minimum absolute atomic E-state index is 0.250. The lowest BCUT2D eigenvalue weighted by Gasteiger charge is -2.30. The highest BCUT2D eigenvalue weighted by Gasteiger charge is 2.31. The van der Waals surface area contributed by atoms with Crippen LogP contribution in [0.2, 0.25) is 0 Å². The van der Waals surface area contributed by atoms with Gasteiger partial charge >= 0.3 is 6.36 Å². The largest absolute Gasteiger partial charge is 0.573 e. The lowest BCUT2D eigenvalue weighted by Crippen LogP contribution is -2.40. The molecule has 3 aromatic rings. The van der Waals surface area contributed by atoms with Gasteiger partial charge in [-0.3, -0.25) is 0 Å². The van der Waals surface area contributed by atoms with E-state index in [-0.39, 0.29) is 17.4 Å². The van der Waals surface area contributed by atoms with Crippen molar-refractivity contribution in [3.8, 4) is 22.8 Å². The second-order valence-electron chi connectivity index (χ2n) is 7.42. The van der Waals surface area contributed by atoms with Gasteiger partial charge in [0.25, 0.3) is 0 Å². The van der Waals surface area contributed by atoms with E-state index >= 15 is 0 Å². The number of fused-ring (bicyclic) bond motifs is 1. The van der Waals surface area contributed by atoms with Gasteiger partial charge in [-0.25, -0.2) is 0 Å². The van der Waals surface area contributed by atoms with Gasteiger partial charge in [0.1, 0.15) is 17.2 Å². The molecule has 2 N–H and O–H groups in total. The number of aromatic hydroxyl groups is 1. The summed E-state index contributed by atoms with van der Waals surface area (Å²) in [5, 5.41) is 23.9. The van der Waals surface area contributed by atoms with E-state index in [0.717, 1.165) is 48.8 Å². The Morgan fingerprint density at radius 1 is 1.13 bits per heavy atom. The van der Waals surface area contributed by atoms with Crippen LogP contribution in [0.25, 0.3) is 22.0 Å². The Morgan fingerprint density at radius 2 is 1.90 bits per heavy atom. The van der Waals surface area contributed by atoms with E-state index in [1.807, 2.05) is 24.3 Å². The molecule has 1 atom stereocenters. The highest BCUT2D eigenvalue weighted by molar-refractivity contribution is 6.00. The number of hydrogen-bond acceptors (Lipinski definition) is 6. The number of nitrogens with zero attached hydrogens (tertiary/aromatic N) is 3. The summed E-state index contributed by atoms with van der Waals surface area (Å²) in [4.78, 5) is 2.26. The summed E-state index contributed by atoms with van der Waals surface area (Å²) in [5.74, 6) is -0.224. The summed E-state index contributed by atoms with van der Waals surface area (Å²) in [6.07, 6.45) is -2.71. The summed E-state index contributed by atoms with van der Waals surface area (Å²) < 4.78 is 41.2. The summed E-state index contributed by atoms with van der Waals surface area (Å²) >= 11 is 0. The zero-order chi connectivity index (χ0) is 21.3. The topological polar surface area (TPSA) is 70.5 Å². The lowest BCUT2D eigenvalue weighted by molar-refractivity contribution is -0.274. The number of nitrogens with one attached hydrogen (secondary N) is 1. The summed E-state index contributed by atoms with van der Waals surface area (Å²) in [7, 11) is 2.08. The van der Waals surface area contributed by atoms with Gasteiger partial charge < -0.3 is 20.1 Å². The number of phenolic OH excluding ortho intramolecular Hbond substituents is 1. The maximum Gasteiger partial charge on any atom is 0.573 e. The van der Waals surface area contributed by atoms with Crippen molar-refractivity contribution < 1.29 is 23.0 Å². The molecule has 1 fully saturated rings. The highest BCUT2D eigenvalue weighted by atomic mass is 19.4. The maximum atomic E-state index is 12.4. The second kappa shape index (κ2) is 7.98. The van der Waals surface area contributed by atoms with E-state index in [4.69, 9.17) is 0 Å². The minimum Gasteiger partial charge on any atom is -0.507 e. The zero-order valence-corrected chi connectivity index (χ0v) is 16.3. The smallest absolute Gasteiger partial charge is 0.507 e. The average molecular weight is 418 g/mol. The predicted molar refractivity (Wildman–Crippen MR) is 107 cm³/mol. The van der Waals surface area contributed by atoms with Crippen LogP contribution in [0, 0.1) is 0 Å². The van der Waals surface area contributed by atoms with Gasteiger partial charge in [0, 0.05) is 35.0 Å². The Kier molecular flexibility index (Phi) is 5.38. The van der Waals surface area contributed by atoms with Crippen LogP contribution in [0.15, 0.2) is 42.5 Å². The number of aromatic nitrogens is 2. The van der Waals surface area contributed by atoms with Crippen LogP contribution in [0.4, 0.5) is 19.0 Å². The molecule has 4 rings (SSSR count). The highest BCUT2D eigenvalue weighted by Crippen LogP contribution is 2.37. The fraction of sp³-hybridized carbons (Fsp3) is 0.333. The molecule has 9 heteroatoms. The van der Waals surface area contributed by atoms with Crippen molar-refractivity contribution in [2.45, 2.75) is 25.2 Å². The number of likely N-dealkylation sites (tertiary alicyclic amines) is 1. The second-order valence-corrected chi connectivity index (χ2v) is 7.42. The van der Waals surface area contributed by atoms with Crippen LogP contribution in [0.3, 0.4) is 0 Å². The molecule has 1 saturated heterocycles. The molecule has 0 saturated carbocycles. The summed E-state index contributed by atoms with van der Waals surface area (Å²) in [6, 6.07) is 11.1. The normalized spacial score (nSPS) is 17.8. The molecule has 2 aromatic carbocycles. The summed E-state index contributed by atoms with van der Waals surface area (Å²) in [6.45, 7) is 1.97. The number of rotatable bonds is 4. The standard InChI is InChI=1S/C21H21F3N4O2/c1-28-10-4-5-13(12-28)25-20-16-7-3-2-6-15(16)19(26-27-20)17-9-8-14(11-18(17)29)30-21(22,23)24/h2-3,6-9,11,13,29H,4-5,10,12H2,1H3,(H,25,27). The first-order chi connectivity index (χ1) is 14.3. The molecule has 1 aliphatic heterocycles. The fourth-order valence-corrected chi connectivity index (χ4v) is 3.80. The Labute approximate surface area is 171 Å². The van der Waals surface area contributed by atoms with E-state index in [1.165, 1.54) is 6.07 Å². The van der Waals surface area contributed by atoms with Gasteiger partial charge in [0.2, 0.25) is 0 Å². The van der Waals surface area contributed by atoms with Crippen molar-refractivity contribution in [3.05, 3.63) is 42.5 Å². The van der Waals surface area contributed by atoms with Crippen molar-refractivity contribution in [2.75, 3.05) is 25.5 Å². The van der Waals surface area contributed by atoms with Gasteiger partial charge in [-0.05, 0) is 38.6 Å². The number of hydrogen-bond donors (Lipinski definition) is 2. The van der Waals surface area contributed by atoms with E-state index in [9.17, 15) is 18.3 Å². The Hall–Kier alpha value is -3.07. The monoisotopic (exact) mass is 418 g/mol. The van der Waals surface area contributed by atoms with Gasteiger partial charge in [0.15, 0.2) is 5.82 Å². The Bertz CT molecular complexity index is 1060. The van der Waals surface area contributed by atoms with E-state index in [0.29, 0.717) is 11.5 Å². The first-order valence-electron chi connectivity index (χ1n) is 9.60. The van der Waals surface area contributed by atoms with Crippen LogP contribution in [0.1, 0.15) is 12.8 Å². The van der Waals surface area contributed by atoms with Gasteiger partial charge in [0.05, 0.1) is 0 Å². The number of alkyl halides is 3. The number of halogens is 3. The summed E-state index contributed by atoms with van der Waals surface area (Å²) in [5.41, 5.74) is 0.658. The molecule has 1 aromatic heterocycles. The number of anilines is 1. The molecule has 1 unspecified atom stereocenters. The van der Waals surface area contributed by atoms with Gasteiger partial charge in [-0.1, -0.05) is 24.3 Å². The third-order valence-electron chi connectivity index (χ3n) is 5.11. The van der Waals surface area contributed by atoms with Crippen molar-refractivity contribution in [1.82, 2.24) is 15.1 Å². The number of ether oxygens (including phenoxy) is 1. The molecule has 30 heavy (non-hydrogen) atoms. The van der Waals surface area contributed by atoms with Crippen molar-refractivity contribution in [1.29, 1.82) is 0 Å². The molecule has 0 amide bonds. The number of benzene rings is 2. The minimum atomic E-state index is -4.83. The van der Waals surface area contributed by atoms with Gasteiger partial charge in [-0.15, -0.1) is 23.4 Å². The van der Waals surface area contributed by atoms with E-state index in [1.54, 1.807) is 0 Å². The zero-order valence-electron chi connectivity index (χ0n) is 16.3. The molecule has 0 radical (unpaired) electrons. The van der Waals surface area contributed by atoms with Crippen molar-refractivity contribution >= 4 is 16.6 Å². The molecule has 0 aliphatic carbocycles. The third kappa shape index (κ3) is 4.40. The first kappa shape index (κ1) is 20.2. The number of likely N-dealkylation sites (N-methyl/N-ethyl adjacent to an activating group) is 1. The Morgan fingerprint density at radius 3 is 2.60 bits per heavy atom. The molecular weight excluding hydrogens is 397 g/mol. The van der Waals surface area contributed by atoms with Crippen LogP contribution < -0.4 is 10.1 Å². The number of piperidine rings is 1. The van der Waals surface area contributed by atoms with Crippen molar-refractivity contribution in [2.24, 2.45) is 0 Å². The van der Waals surface area contributed by atoms with E-state index < -0.39 is 12.1 Å². The first-order valence-corrected chi connectivity index (χ1v) is 9.60. The fourth-order valence-electron chi connectivity index (χ4n) is 3.80. The van der Waals surface area contributed by atoms with Crippen LogP contribution in [-0.2, 0) is 0 Å². The van der Waals surface area contributed by atoms with Crippen LogP contribution in [-0.4, -0.2) is 52.7 Å². The molecule has 0 bridgehead atoms. The molecule has 0 spiro atoms. The molecule has 2 heterocycles.